The molecule has 18 nitrogen and oxygen atoms in total. The van der Waals surface area contributed by atoms with Crippen LogP contribution < -0.4 is 5.01 Å². The van der Waals surface area contributed by atoms with Gasteiger partial charge in [-0.3, -0.25) is 13.9 Å². The van der Waals surface area contributed by atoms with E-state index in [1.54, 1.807) is 0 Å². The van der Waals surface area contributed by atoms with Crippen molar-refractivity contribution in [2.24, 2.45) is 5.10 Å². The number of hydrazone groups is 1. The van der Waals surface area contributed by atoms with E-state index in [4.69, 9.17) is 10.5 Å². The first-order valence-corrected chi connectivity index (χ1v) is 15.5. The van der Waals surface area contributed by atoms with E-state index in [1.807, 2.05) is 0 Å². The van der Waals surface area contributed by atoms with Crippen molar-refractivity contribution < 1.29 is 65.1 Å². The minimum atomic E-state index is -4.86. The number of aromatic nitrogens is 2. The molecule has 0 atom stereocenters. The fraction of sp³-hybridized carbons (Fsp3) is 0.0952. The van der Waals surface area contributed by atoms with E-state index >= 15 is 0 Å². The number of carbonyl (C=O) groups is 1. The quantitative estimate of drug-likeness (QED) is 0.0642. The minimum absolute atomic E-state index is 0.0454. The number of carbonyl (C=O) groups excluding carboxylic acids is 1. The van der Waals surface area contributed by atoms with Crippen molar-refractivity contribution in [3.63, 3.8) is 0 Å². The standard InChI is InChI=1S/C21H18N4O14S4/c1-10-14(20(26)24(22-10)16-7-12(40-38-36-28)3-5-18(16)42(30,31)32)9-15-11(2)23-25(21(15)27)17-8-13(41-39-37-29)4-6-19(17)43(33,34)35/h3-9,26,28-29H,1-2H3,(H,30,31,32)(H,33,34,35). The fourth-order valence-electron chi connectivity index (χ4n) is 3.83. The zero-order valence-electron chi connectivity index (χ0n) is 21.4. The molecular formula is C21H18N4O14S4. The third kappa shape index (κ3) is 6.90. The Morgan fingerprint density at radius 1 is 0.860 bits per heavy atom. The summed E-state index contributed by atoms with van der Waals surface area (Å²) in [7, 11) is -9.70. The maximum atomic E-state index is 13.4. The molecule has 0 fully saturated rings. The van der Waals surface area contributed by atoms with Crippen molar-refractivity contribution >= 4 is 67.7 Å². The SMILES string of the molecule is CC1=NN(c2cc(SOOO)ccc2S(=O)(=O)O)C(=O)C1=Cc1c(C)nn(-c2cc(SOOO)ccc2S(=O)(=O)O)c1O. The molecule has 1 aliphatic heterocycles. The van der Waals surface area contributed by atoms with Crippen LogP contribution in [0.25, 0.3) is 11.8 Å². The number of benzene rings is 2. The lowest BCUT2D eigenvalue weighted by Gasteiger charge is -2.16. The van der Waals surface area contributed by atoms with E-state index < -0.39 is 41.8 Å². The molecule has 2 aromatic carbocycles. The number of amides is 1. The highest BCUT2D eigenvalue weighted by Gasteiger charge is 2.34. The van der Waals surface area contributed by atoms with Gasteiger partial charge >= 0.3 is 0 Å². The number of aromatic hydroxyl groups is 1. The lowest BCUT2D eigenvalue weighted by molar-refractivity contribution is -0.432. The number of aryl methyl sites for hydroxylation is 1. The van der Waals surface area contributed by atoms with E-state index in [1.165, 1.54) is 26.0 Å². The normalized spacial score (nSPS) is 15.0. The van der Waals surface area contributed by atoms with Crippen LogP contribution in [0.4, 0.5) is 5.69 Å². The van der Waals surface area contributed by atoms with Crippen LogP contribution in [0.15, 0.2) is 66.7 Å². The molecule has 43 heavy (non-hydrogen) atoms. The third-order valence-corrected chi connectivity index (χ3v) is 8.58. The van der Waals surface area contributed by atoms with Crippen LogP contribution in [0.2, 0.25) is 0 Å². The summed E-state index contributed by atoms with van der Waals surface area (Å²) in [4.78, 5) is 12.4. The average Bonchev–Trinajstić information content (AvgIpc) is 3.38. The molecule has 1 aromatic heterocycles. The van der Waals surface area contributed by atoms with E-state index in [-0.39, 0.29) is 43.7 Å². The molecule has 3 aromatic rings. The van der Waals surface area contributed by atoms with Crippen LogP contribution in [-0.2, 0) is 43.8 Å². The largest absolute Gasteiger partial charge is 0.493 e. The lowest BCUT2D eigenvalue weighted by atomic mass is 10.1. The Hall–Kier alpha value is -3.39. The molecule has 0 saturated heterocycles. The van der Waals surface area contributed by atoms with Crippen molar-refractivity contribution in [2.45, 2.75) is 33.4 Å². The summed E-state index contributed by atoms with van der Waals surface area (Å²) in [6, 6.07) is 6.59. The molecule has 1 amide bonds. The number of hydrogen-bond donors (Lipinski definition) is 5. The second kappa shape index (κ2) is 12.7. The molecule has 0 bridgehead atoms. The summed E-state index contributed by atoms with van der Waals surface area (Å²) in [5.41, 5.74) is -0.841. The second-order valence-corrected chi connectivity index (χ2v) is 12.6. The first-order valence-electron chi connectivity index (χ1n) is 11.1. The molecule has 0 radical (unpaired) electrons. The van der Waals surface area contributed by atoms with Crippen molar-refractivity contribution in [1.82, 2.24) is 9.78 Å². The van der Waals surface area contributed by atoms with Crippen LogP contribution in [0.1, 0.15) is 18.2 Å². The fourth-order valence-corrected chi connectivity index (χ4v) is 5.91. The molecule has 2 heterocycles. The van der Waals surface area contributed by atoms with E-state index in [0.29, 0.717) is 29.1 Å². The summed E-state index contributed by atoms with van der Waals surface area (Å²) >= 11 is 0.908. The molecule has 0 unspecified atom stereocenters. The Labute approximate surface area is 250 Å². The minimum Gasteiger partial charge on any atom is -0.493 e. The van der Waals surface area contributed by atoms with Crippen molar-refractivity contribution in [1.29, 1.82) is 0 Å². The lowest BCUT2D eigenvalue weighted by Crippen LogP contribution is -2.23. The topological polar surface area (TPSA) is 257 Å². The van der Waals surface area contributed by atoms with Gasteiger partial charge < -0.3 is 5.11 Å². The summed E-state index contributed by atoms with van der Waals surface area (Å²) < 4.78 is 77.0. The van der Waals surface area contributed by atoms with Crippen LogP contribution in [-0.4, -0.2) is 63.0 Å². The van der Waals surface area contributed by atoms with Gasteiger partial charge in [0.25, 0.3) is 26.1 Å². The second-order valence-electron chi connectivity index (χ2n) is 8.26. The van der Waals surface area contributed by atoms with Gasteiger partial charge in [0.05, 0.1) is 58.0 Å². The Morgan fingerprint density at radius 2 is 1.37 bits per heavy atom. The summed E-state index contributed by atoms with van der Waals surface area (Å²) in [5, 5.41) is 43.8. The van der Waals surface area contributed by atoms with Gasteiger partial charge in [-0.25, -0.2) is 10.5 Å². The van der Waals surface area contributed by atoms with Gasteiger partial charge in [-0.2, -0.15) is 36.7 Å². The van der Waals surface area contributed by atoms with E-state index in [0.717, 1.165) is 35.0 Å². The maximum absolute atomic E-state index is 13.4. The average molecular weight is 679 g/mol. The van der Waals surface area contributed by atoms with Crippen LogP contribution in [0, 0.1) is 6.92 Å². The van der Waals surface area contributed by atoms with E-state index in [2.05, 4.69) is 28.9 Å². The number of nitrogens with zero attached hydrogens (tertiary/aromatic N) is 4. The smallest absolute Gasteiger partial charge is 0.296 e. The Bertz CT molecular complexity index is 1870. The molecule has 5 N–H and O–H groups in total. The Balaban J connectivity index is 1.80. The van der Waals surface area contributed by atoms with Gasteiger partial charge in [0.15, 0.2) is 0 Å². The predicted molar refractivity (Wildman–Crippen MR) is 146 cm³/mol. The molecule has 4 rings (SSSR count). The summed E-state index contributed by atoms with van der Waals surface area (Å²) in [6.07, 6.45) is 1.16. The van der Waals surface area contributed by atoms with Gasteiger partial charge in [-0.1, -0.05) is 10.1 Å². The molecule has 230 valence electrons. The molecule has 0 spiro atoms. The number of anilines is 1. The first kappa shape index (κ1) is 32.5. The van der Waals surface area contributed by atoms with Crippen LogP contribution in [0.3, 0.4) is 0 Å². The zero-order valence-corrected chi connectivity index (χ0v) is 24.6. The highest BCUT2D eigenvalue weighted by Crippen LogP contribution is 2.37. The first-order chi connectivity index (χ1) is 20.2. The van der Waals surface area contributed by atoms with Crippen LogP contribution >= 0.6 is 24.1 Å². The Morgan fingerprint density at radius 3 is 1.88 bits per heavy atom. The van der Waals surface area contributed by atoms with Crippen molar-refractivity contribution in [3.05, 3.63) is 53.2 Å². The summed E-state index contributed by atoms with van der Waals surface area (Å²) in [5.74, 6) is -1.57. The maximum Gasteiger partial charge on any atom is 0.296 e. The molecule has 0 saturated carbocycles. The third-order valence-electron chi connectivity index (χ3n) is 5.63. The Kier molecular flexibility index (Phi) is 9.60. The van der Waals surface area contributed by atoms with Gasteiger partial charge in [0.1, 0.15) is 9.79 Å². The van der Waals surface area contributed by atoms with Gasteiger partial charge in [0, 0.05) is 9.79 Å². The van der Waals surface area contributed by atoms with Gasteiger partial charge in [-0.05, 0) is 56.3 Å². The molecular weight excluding hydrogens is 661 g/mol. The van der Waals surface area contributed by atoms with Gasteiger partial charge in [-0.15, -0.1) is 8.67 Å². The summed E-state index contributed by atoms with van der Waals surface area (Å²) in [6.45, 7) is 2.82. The highest BCUT2D eigenvalue weighted by molar-refractivity contribution is 7.94. The monoisotopic (exact) mass is 678 g/mol. The molecule has 1 aliphatic rings. The zero-order chi connectivity index (χ0) is 31.7. The number of hydrogen-bond acceptors (Lipinski definition) is 16. The van der Waals surface area contributed by atoms with Gasteiger partial charge in [0.2, 0.25) is 5.88 Å². The van der Waals surface area contributed by atoms with Crippen molar-refractivity contribution in [2.75, 3.05) is 5.01 Å². The van der Waals surface area contributed by atoms with E-state index in [9.17, 15) is 35.8 Å². The van der Waals surface area contributed by atoms with Crippen molar-refractivity contribution in [3.8, 4) is 11.6 Å². The molecule has 0 aliphatic carbocycles. The number of rotatable bonds is 11. The highest BCUT2D eigenvalue weighted by atomic mass is 32.2. The van der Waals surface area contributed by atoms with Crippen LogP contribution in [0.5, 0.6) is 5.88 Å². The predicted octanol–water partition coefficient (Wildman–Crippen LogP) is 3.04. The molecule has 22 heteroatoms.